The second-order valence-electron chi connectivity index (χ2n) is 9.05. The first-order valence-corrected chi connectivity index (χ1v) is 11.6. The molecule has 0 spiro atoms. The Balaban J connectivity index is 2.39. The first-order valence-electron chi connectivity index (χ1n) is 9.98. The van der Waals surface area contributed by atoms with Gasteiger partial charge in [0.05, 0.1) is 22.7 Å². The van der Waals surface area contributed by atoms with Crippen molar-refractivity contribution < 1.29 is 17.9 Å². The van der Waals surface area contributed by atoms with Gasteiger partial charge >= 0.3 is 5.97 Å². The Kier molecular flexibility index (Phi) is 6.94. The standard InChI is InChI=1S/C24H32O4S/c1-7-28-22(25)24(5,6)19-14-12-18(13-15-19)20-10-8-9-11-21(20)29(26,27)17-16-23(2,3)4/h8-15H,7,16-17H2,1-6H3. The highest BCUT2D eigenvalue weighted by Crippen LogP contribution is 2.32. The maximum absolute atomic E-state index is 13.0. The molecule has 2 aromatic carbocycles. The lowest BCUT2D eigenvalue weighted by atomic mass is 9.84. The van der Waals surface area contributed by atoms with Gasteiger partial charge in [0.1, 0.15) is 0 Å². The Bertz CT molecular complexity index is 949. The molecule has 0 radical (unpaired) electrons. The van der Waals surface area contributed by atoms with Gasteiger partial charge in [-0.3, -0.25) is 4.79 Å². The van der Waals surface area contributed by atoms with Crippen molar-refractivity contribution in [2.24, 2.45) is 5.41 Å². The Morgan fingerprint density at radius 3 is 2.07 bits per heavy atom. The number of carbonyl (C=O) groups is 1. The van der Waals surface area contributed by atoms with Crippen LogP contribution in [0.1, 0.15) is 53.5 Å². The van der Waals surface area contributed by atoms with Gasteiger partial charge in [-0.2, -0.15) is 0 Å². The van der Waals surface area contributed by atoms with E-state index in [1.807, 2.05) is 71.0 Å². The van der Waals surface area contributed by atoms with E-state index in [0.29, 0.717) is 23.5 Å². The van der Waals surface area contributed by atoms with Crippen molar-refractivity contribution in [3.05, 3.63) is 54.1 Å². The van der Waals surface area contributed by atoms with Crippen molar-refractivity contribution in [1.29, 1.82) is 0 Å². The first kappa shape index (κ1) is 23.1. The zero-order valence-corrected chi connectivity index (χ0v) is 19.1. The molecule has 0 saturated carbocycles. The summed E-state index contributed by atoms with van der Waals surface area (Å²) in [4.78, 5) is 12.6. The van der Waals surface area contributed by atoms with E-state index >= 15 is 0 Å². The second kappa shape index (κ2) is 8.70. The molecule has 0 aromatic heterocycles. The third-order valence-corrected chi connectivity index (χ3v) is 6.81. The lowest BCUT2D eigenvalue weighted by molar-refractivity contribution is -0.148. The summed E-state index contributed by atoms with van der Waals surface area (Å²) >= 11 is 0. The van der Waals surface area contributed by atoms with E-state index in [0.717, 1.165) is 11.1 Å². The van der Waals surface area contributed by atoms with Crippen LogP contribution in [0.4, 0.5) is 0 Å². The van der Waals surface area contributed by atoms with Crippen molar-refractivity contribution >= 4 is 15.8 Å². The molecule has 158 valence electrons. The molecule has 0 aliphatic carbocycles. The Labute approximate surface area is 175 Å². The molecule has 0 heterocycles. The molecule has 0 unspecified atom stereocenters. The third kappa shape index (κ3) is 5.69. The number of benzene rings is 2. The van der Waals surface area contributed by atoms with Crippen LogP contribution >= 0.6 is 0 Å². The van der Waals surface area contributed by atoms with Gasteiger partial charge in [-0.15, -0.1) is 0 Å². The van der Waals surface area contributed by atoms with Crippen LogP contribution in [0, 0.1) is 5.41 Å². The fourth-order valence-corrected chi connectivity index (χ4v) is 4.93. The molecule has 0 aliphatic heterocycles. The molecule has 29 heavy (non-hydrogen) atoms. The maximum atomic E-state index is 13.0. The molecule has 0 atom stereocenters. The van der Waals surface area contributed by atoms with Gasteiger partial charge in [0, 0.05) is 5.56 Å². The van der Waals surface area contributed by atoms with Gasteiger partial charge in [-0.25, -0.2) is 8.42 Å². The van der Waals surface area contributed by atoms with Crippen LogP contribution in [0.2, 0.25) is 0 Å². The van der Waals surface area contributed by atoms with Gasteiger partial charge in [0.15, 0.2) is 9.84 Å². The molecule has 5 heteroatoms. The van der Waals surface area contributed by atoms with E-state index in [-0.39, 0.29) is 17.1 Å². The fraction of sp³-hybridized carbons (Fsp3) is 0.458. The topological polar surface area (TPSA) is 60.4 Å². The number of hydrogen-bond donors (Lipinski definition) is 0. The Morgan fingerprint density at radius 2 is 1.52 bits per heavy atom. The van der Waals surface area contributed by atoms with E-state index in [4.69, 9.17) is 4.74 Å². The van der Waals surface area contributed by atoms with Gasteiger partial charge in [0.2, 0.25) is 0 Å². The third-order valence-electron chi connectivity index (χ3n) is 5.05. The highest BCUT2D eigenvalue weighted by Gasteiger charge is 2.31. The van der Waals surface area contributed by atoms with Gasteiger partial charge in [-0.05, 0) is 49.8 Å². The van der Waals surface area contributed by atoms with E-state index in [1.54, 1.807) is 19.1 Å². The lowest BCUT2D eigenvalue weighted by Gasteiger charge is -2.23. The lowest BCUT2D eigenvalue weighted by Crippen LogP contribution is -2.31. The minimum Gasteiger partial charge on any atom is -0.465 e. The average molecular weight is 417 g/mol. The molecular weight excluding hydrogens is 384 g/mol. The Morgan fingerprint density at radius 1 is 0.931 bits per heavy atom. The van der Waals surface area contributed by atoms with Crippen molar-refractivity contribution in [3.63, 3.8) is 0 Å². The van der Waals surface area contributed by atoms with E-state index in [1.165, 1.54) is 0 Å². The van der Waals surface area contributed by atoms with Crippen LogP contribution < -0.4 is 0 Å². The molecule has 2 aromatic rings. The monoisotopic (exact) mass is 416 g/mol. The summed E-state index contributed by atoms with van der Waals surface area (Å²) in [5, 5.41) is 0. The molecule has 2 rings (SSSR count). The van der Waals surface area contributed by atoms with Crippen LogP contribution in [0.15, 0.2) is 53.4 Å². The van der Waals surface area contributed by atoms with Gasteiger partial charge < -0.3 is 4.74 Å². The fourth-order valence-electron chi connectivity index (χ4n) is 3.02. The molecule has 0 N–H and O–H groups in total. The minimum atomic E-state index is -3.41. The summed E-state index contributed by atoms with van der Waals surface area (Å²) in [6.45, 7) is 11.9. The molecule has 0 bridgehead atoms. The predicted molar refractivity (Wildman–Crippen MR) is 118 cm³/mol. The number of rotatable bonds is 7. The number of ether oxygens (including phenoxy) is 1. The van der Waals surface area contributed by atoms with E-state index in [2.05, 4.69) is 0 Å². The number of sulfone groups is 1. The Hall–Kier alpha value is -2.14. The second-order valence-corrected chi connectivity index (χ2v) is 11.1. The molecule has 0 fully saturated rings. The van der Waals surface area contributed by atoms with Crippen molar-refractivity contribution in [1.82, 2.24) is 0 Å². The summed E-state index contributed by atoms with van der Waals surface area (Å²) < 4.78 is 31.2. The molecule has 4 nitrogen and oxygen atoms in total. The summed E-state index contributed by atoms with van der Waals surface area (Å²) in [7, 11) is -3.41. The van der Waals surface area contributed by atoms with Crippen molar-refractivity contribution in [2.75, 3.05) is 12.4 Å². The van der Waals surface area contributed by atoms with Crippen molar-refractivity contribution in [3.8, 4) is 11.1 Å². The van der Waals surface area contributed by atoms with Crippen LogP contribution in [-0.4, -0.2) is 26.7 Å². The SMILES string of the molecule is CCOC(=O)C(C)(C)c1ccc(-c2ccccc2S(=O)(=O)CCC(C)(C)C)cc1. The van der Waals surface area contributed by atoms with Gasteiger partial charge in [-0.1, -0.05) is 63.2 Å². The number of carbonyl (C=O) groups excluding carboxylic acids is 1. The predicted octanol–water partition coefficient (Wildman–Crippen LogP) is 5.40. The summed E-state index contributed by atoms with van der Waals surface area (Å²) in [6, 6.07) is 14.6. The van der Waals surface area contributed by atoms with Crippen molar-refractivity contribution in [2.45, 2.75) is 58.3 Å². The zero-order valence-electron chi connectivity index (χ0n) is 18.3. The van der Waals surface area contributed by atoms with Crippen LogP contribution in [0.3, 0.4) is 0 Å². The van der Waals surface area contributed by atoms with Crippen LogP contribution in [0.25, 0.3) is 11.1 Å². The largest absolute Gasteiger partial charge is 0.465 e. The van der Waals surface area contributed by atoms with Gasteiger partial charge in [0.25, 0.3) is 0 Å². The number of esters is 1. The van der Waals surface area contributed by atoms with Crippen LogP contribution in [0.5, 0.6) is 0 Å². The first-order chi connectivity index (χ1) is 13.4. The number of hydrogen-bond acceptors (Lipinski definition) is 4. The summed E-state index contributed by atoms with van der Waals surface area (Å²) in [6.07, 6.45) is 0.594. The normalized spacial score (nSPS) is 12.6. The highest BCUT2D eigenvalue weighted by atomic mass is 32.2. The maximum Gasteiger partial charge on any atom is 0.315 e. The van der Waals surface area contributed by atoms with Crippen LogP contribution in [-0.2, 0) is 24.8 Å². The summed E-state index contributed by atoms with van der Waals surface area (Å²) in [5.74, 6) is -0.167. The smallest absolute Gasteiger partial charge is 0.315 e. The quantitative estimate of drug-likeness (QED) is 0.567. The van der Waals surface area contributed by atoms with E-state index in [9.17, 15) is 13.2 Å². The zero-order chi connectivity index (χ0) is 21.9. The molecule has 0 saturated heterocycles. The molecule has 0 aliphatic rings. The summed E-state index contributed by atoms with van der Waals surface area (Å²) in [5.41, 5.74) is 1.49. The molecule has 0 amide bonds. The minimum absolute atomic E-state index is 0.0532. The van der Waals surface area contributed by atoms with E-state index < -0.39 is 15.3 Å². The average Bonchev–Trinajstić information content (AvgIpc) is 2.66. The highest BCUT2D eigenvalue weighted by molar-refractivity contribution is 7.91. The molecular formula is C24H32O4S.